The highest BCUT2D eigenvalue weighted by molar-refractivity contribution is 5.89. The van der Waals surface area contributed by atoms with Crippen LogP contribution >= 0.6 is 0 Å². The van der Waals surface area contributed by atoms with E-state index in [4.69, 9.17) is 0 Å². The van der Waals surface area contributed by atoms with Crippen LogP contribution in [0.15, 0.2) is 54.1 Å². The molecular formula is C26H31NO. The summed E-state index contributed by atoms with van der Waals surface area (Å²) in [7, 11) is 0. The van der Waals surface area contributed by atoms with E-state index in [1.165, 1.54) is 27.8 Å². The number of Topliss-reactive ketones (excluding diaryl/α,β-unsaturated/α-hetero) is 1. The second kappa shape index (κ2) is 7.67. The second-order valence-electron chi connectivity index (χ2n) is 8.84. The normalized spacial score (nSPS) is 18.5. The first kappa shape index (κ1) is 19.1. The lowest BCUT2D eigenvalue weighted by molar-refractivity contribution is -0.117. The summed E-state index contributed by atoms with van der Waals surface area (Å²) in [5.41, 5.74) is 8.84. The van der Waals surface area contributed by atoms with Gasteiger partial charge in [0.2, 0.25) is 0 Å². The molecule has 0 unspecified atom stereocenters. The van der Waals surface area contributed by atoms with Crippen LogP contribution in [0.2, 0.25) is 0 Å². The second-order valence-corrected chi connectivity index (χ2v) is 8.84. The SMILES string of the molecule is CC(=O)CCCN1CCC(=C2c3ccccc3C(C)(C)c3ccccc32)CC1. The molecule has 146 valence electrons. The zero-order valence-corrected chi connectivity index (χ0v) is 17.4. The molecule has 2 heteroatoms. The molecule has 0 saturated carbocycles. The van der Waals surface area contributed by atoms with Crippen LogP contribution in [0, 0.1) is 0 Å². The number of fused-ring (bicyclic) bond motifs is 2. The number of carbonyl (C=O) groups is 1. The summed E-state index contributed by atoms with van der Waals surface area (Å²) in [5.74, 6) is 0.304. The zero-order valence-electron chi connectivity index (χ0n) is 17.4. The third-order valence-corrected chi connectivity index (χ3v) is 6.56. The highest BCUT2D eigenvalue weighted by Crippen LogP contribution is 2.48. The molecule has 1 fully saturated rings. The van der Waals surface area contributed by atoms with E-state index in [2.05, 4.69) is 67.3 Å². The molecule has 1 heterocycles. The first-order valence-corrected chi connectivity index (χ1v) is 10.6. The third kappa shape index (κ3) is 3.46. The Kier molecular flexibility index (Phi) is 5.25. The molecule has 2 aromatic carbocycles. The Morgan fingerprint density at radius 3 is 2.00 bits per heavy atom. The molecule has 0 amide bonds. The number of carbonyl (C=O) groups excluding carboxylic acids is 1. The van der Waals surface area contributed by atoms with Gasteiger partial charge < -0.3 is 9.69 Å². The van der Waals surface area contributed by atoms with Gasteiger partial charge in [0.25, 0.3) is 0 Å². The number of piperidine rings is 1. The van der Waals surface area contributed by atoms with Crippen molar-refractivity contribution in [3.8, 4) is 0 Å². The third-order valence-electron chi connectivity index (χ3n) is 6.56. The predicted molar refractivity (Wildman–Crippen MR) is 117 cm³/mol. The molecule has 0 N–H and O–H groups in total. The van der Waals surface area contributed by atoms with E-state index in [1.807, 2.05) is 0 Å². The van der Waals surface area contributed by atoms with E-state index in [9.17, 15) is 4.79 Å². The van der Waals surface area contributed by atoms with E-state index in [1.54, 1.807) is 12.5 Å². The van der Waals surface area contributed by atoms with Gasteiger partial charge in [0.1, 0.15) is 5.78 Å². The molecule has 0 aromatic heterocycles. The fourth-order valence-corrected chi connectivity index (χ4v) is 5.01. The van der Waals surface area contributed by atoms with Crippen LogP contribution in [0.4, 0.5) is 0 Å². The molecule has 2 aliphatic rings. The maximum absolute atomic E-state index is 11.2. The van der Waals surface area contributed by atoms with Crippen molar-refractivity contribution < 1.29 is 4.79 Å². The van der Waals surface area contributed by atoms with E-state index in [0.717, 1.165) is 38.9 Å². The van der Waals surface area contributed by atoms with Crippen LogP contribution in [-0.2, 0) is 10.2 Å². The van der Waals surface area contributed by atoms with E-state index < -0.39 is 0 Å². The summed E-state index contributed by atoms with van der Waals surface area (Å²) in [6.45, 7) is 9.64. The van der Waals surface area contributed by atoms with Gasteiger partial charge >= 0.3 is 0 Å². The summed E-state index contributed by atoms with van der Waals surface area (Å²) in [6.07, 6.45) is 3.94. The molecule has 1 saturated heterocycles. The van der Waals surface area contributed by atoms with Gasteiger partial charge in [-0.3, -0.25) is 0 Å². The van der Waals surface area contributed by atoms with Gasteiger partial charge in [-0.15, -0.1) is 0 Å². The maximum Gasteiger partial charge on any atom is 0.129 e. The highest BCUT2D eigenvalue weighted by atomic mass is 16.1. The number of nitrogens with zero attached hydrogens (tertiary/aromatic N) is 1. The zero-order chi connectivity index (χ0) is 19.7. The Labute approximate surface area is 169 Å². The van der Waals surface area contributed by atoms with Crippen molar-refractivity contribution in [2.24, 2.45) is 0 Å². The van der Waals surface area contributed by atoms with Crippen LogP contribution in [0.1, 0.15) is 68.7 Å². The lowest BCUT2D eigenvalue weighted by atomic mass is 9.66. The fraction of sp³-hybridized carbons (Fsp3) is 0.423. The van der Waals surface area contributed by atoms with E-state index in [0.29, 0.717) is 12.2 Å². The summed E-state index contributed by atoms with van der Waals surface area (Å²) >= 11 is 0. The van der Waals surface area contributed by atoms with Gasteiger partial charge in [-0.1, -0.05) is 68.0 Å². The smallest absolute Gasteiger partial charge is 0.129 e. The molecule has 1 aliphatic heterocycles. The summed E-state index contributed by atoms with van der Waals surface area (Å²) < 4.78 is 0. The Bertz CT molecular complexity index is 860. The van der Waals surface area contributed by atoms with Gasteiger partial charge in [-0.2, -0.15) is 0 Å². The van der Waals surface area contributed by atoms with Gasteiger partial charge in [-0.05, 0) is 60.6 Å². The van der Waals surface area contributed by atoms with Gasteiger partial charge in [0.05, 0.1) is 0 Å². The number of ketones is 1. The van der Waals surface area contributed by atoms with Crippen molar-refractivity contribution in [1.82, 2.24) is 4.90 Å². The molecule has 0 atom stereocenters. The number of likely N-dealkylation sites (tertiary alicyclic amines) is 1. The standard InChI is InChI=1S/C26H31NO/c1-19(28)9-8-16-27-17-14-20(15-18-27)25-21-10-4-6-12-23(21)26(2,3)24-13-7-5-11-22(24)25/h4-7,10-13H,8-9,14-18H2,1-3H3. The van der Waals surface area contributed by atoms with Crippen molar-refractivity contribution in [2.75, 3.05) is 19.6 Å². The van der Waals surface area contributed by atoms with Crippen molar-refractivity contribution >= 4 is 11.4 Å². The van der Waals surface area contributed by atoms with E-state index in [-0.39, 0.29) is 5.41 Å². The van der Waals surface area contributed by atoms with Gasteiger partial charge in [0, 0.05) is 24.9 Å². The minimum absolute atomic E-state index is 0.0324. The fourth-order valence-electron chi connectivity index (χ4n) is 5.01. The van der Waals surface area contributed by atoms with Gasteiger partial charge in [0.15, 0.2) is 0 Å². The molecule has 1 aliphatic carbocycles. The van der Waals surface area contributed by atoms with Crippen LogP contribution < -0.4 is 0 Å². The average molecular weight is 374 g/mol. The Balaban J connectivity index is 1.66. The highest BCUT2D eigenvalue weighted by Gasteiger charge is 2.35. The number of benzene rings is 2. The molecule has 4 rings (SSSR count). The van der Waals surface area contributed by atoms with Crippen LogP contribution in [-0.4, -0.2) is 30.3 Å². The Morgan fingerprint density at radius 2 is 1.46 bits per heavy atom. The van der Waals surface area contributed by atoms with E-state index >= 15 is 0 Å². The molecule has 0 spiro atoms. The monoisotopic (exact) mass is 373 g/mol. The van der Waals surface area contributed by atoms with Crippen molar-refractivity contribution in [3.63, 3.8) is 0 Å². The Hall–Kier alpha value is -2.19. The number of hydrogen-bond donors (Lipinski definition) is 0. The lowest BCUT2D eigenvalue weighted by Crippen LogP contribution is -2.33. The minimum Gasteiger partial charge on any atom is -0.303 e. The molecule has 2 nitrogen and oxygen atoms in total. The number of rotatable bonds is 4. The molecule has 2 aromatic rings. The topological polar surface area (TPSA) is 20.3 Å². The molecule has 28 heavy (non-hydrogen) atoms. The van der Waals surface area contributed by atoms with Crippen molar-refractivity contribution in [1.29, 1.82) is 0 Å². The summed E-state index contributed by atoms with van der Waals surface area (Å²) in [6, 6.07) is 18.0. The first-order valence-electron chi connectivity index (χ1n) is 10.6. The predicted octanol–water partition coefficient (Wildman–Crippen LogP) is 5.59. The maximum atomic E-state index is 11.2. The van der Waals surface area contributed by atoms with Crippen LogP contribution in [0.5, 0.6) is 0 Å². The largest absolute Gasteiger partial charge is 0.303 e. The number of hydrogen-bond acceptors (Lipinski definition) is 2. The average Bonchev–Trinajstić information content (AvgIpc) is 2.69. The van der Waals surface area contributed by atoms with Crippen molar-refractivity contribution in [3.05, 3.63) is 76.4 Å². The quantitative estimate of drug-likeness (QED) is 0.696. The molecule has 0 radical (unpaired) electrons. The summed E-state index contributed by atoms with van der Waals surface area (Å²) in [5, 5.41) is 0. The van der Waals surface area contributed by atoms with Crippen LogP contribution in [0.3, 0.4) is 0 Å². The molecular weight excluding hydrogens is 342 g/mol. The first-order chi connectivity index (χ1) is 13.5. The minimum atomic E-state index is 0.0324. The Morgan fingerprint density at radius 1 is 0.929 bits per heavy atom. The van der Waals surface area contributed by atoms with Gasteiger partial charge in [-0.25, -0.2) is 0 Å². The van der Waals surface area contributed by atoms with Crippen LogP contribution in [0.25, 0.3) is 5.57 Å². The molecule has 0 bridgehead atoms. The lowest BCUT2D eigenvalue weighted by Gasteiger charge is -2.39. The van der Waals surface area contributed by atoms with Crippen molar-refractivity contribution in [2.45, 2.75) is 51.9 Å². The summed E-state index contributed by atoms with van der Waals surface area (Å²) in [4.78, 5) is 13.7.